The second-order valence-corrected chi connectivity index (χ2v) is 1.35. The number of carbonyl (C=O) groups is 1. The molecule has 0 amide bonds. The molecule has 0 N–H and O–H groups in total. The molecule has 0 spiro atoms. The van der Waals surface area contributed by atoms with E-state index in [4.69, 9.17) is 0 Å². The van der Waals surface area contributed by atoms with Gasteiger partial charge in [0.15, 0.2) is 0 Å². The molecule has 0 rings (SSSR count). The molecule has 2 heteroatoms. The summed E-state index contributed by atoms with van der Waals surface area (Å²) in [5, 5.41) is 0. The molecule has 0 aromatic heterocycles. The molecule has 1 nitrogen and oxygen atoms in total. The van der Waals surface area contributed by atoms with Crippen molar-refractivity contribution in [3.8, 4) is 0 Å². The normalized spacial score (nSPS) is 8.62. The molecule has 0 aromatic rings. The lowest BCUT2D eigenvalue weighted by Crippen LogP contribution is -1.61. The average Bonchev–Trinajstić information content (AvgIpc) is 1.69. The molecule has 0 radical (unpaired) electrons. The highest BCUT2D eigenvalue weighted by molar-refractivity contribution is 5.85. The Kier molecular flexibility index (Phi) is 13.1. The second-order valence-electron chi connectivity index (χ2n) is 1.35. The molecule has 0 saturated heterocycles. The number of aldehydes is 1. The van der Waals surface area contributed by atoms with Gasteiger partial charge in [-0.1, -0.05) is 19.4 Å². The molecule has 0 aromatic carbocycles. The van der Waals surface area contributed by atoms with Crippen molar-refractivity contribution in [2.75, 3.05) is 0 Å². The van der Waals surface area contributed by atoms with E-state index in [9.17, 15) is 4.79 Å². The Balaban J connectivity index is 0. The quantitative estimate of drug-likeness (QED) is 0.426. The lowest BCUT2D eigenvalue weighted by Gasteiger charge is -1.76. The van der Waals surface area contributed by atoms with Crippen molar-refractivity contribution in [1.29, 1.82) is 0 Å². The number of hydrogen-bond acceptors (Lipinski definition) is 1. The fourth-order valence-electron chi connectivity index (χ4n) is 0.318. The smallest absolute Gasteiger partial charge is 0.142 e. The minimum Gasteiger partial charge on any atom is -0.299 e. The monoisotopic (exact) mass is 134 g/mol. The molecule has 0 unspecified atom stereocenters. The SMILES string of the molecule is CCC/C=C/C=O.Cl. The van der Waals surface area contributed by atoms with Gasteiger partial charge < -0.3 is 0 Å². The maximum absolute atomic E-state index is 9.59. The van der Waals surface area contributed by atoms with Crippen LogP contribution in [0.3, 0.4) is 0 Å². The second kappa shape index (κ2) is 9.85. The largest absolute Gasteiger partial charge is 0.299 e. The zero-order chi connectivity index (χ0) is 5.54. The van der Waals surface area contributed by atoms with E-state index in [1.165, 1.54) is 6.08 Å². The van der Waals surface area contributed by atoms with Crippen LogP contribution in [0.2, 0.25) is 0 Å². The van der Waals surface area contributed by atoms with Crippen LogP contribution in [0.15, 0.2) is 12.2 Å². The summed E-state index contributed by atoms with van der Waals surface area (Å²) in [6, 6.07) is 0. The summed E-state index contributed by atoms with van der Waals surface area (Å²) in [6.45, 7) is 2.08. The summed E-state index contributed by atoms with van der Waals surface area (Å²) in [6.07, 6.45) is 6.33. The molecule has 8 heavy (non-hydrogen) atoms. The minimum atomic E-state index is 0. The maximum Gasteiger partial charge on any atom is 0.142 e. The Morgan fingerprint density at radius 2 is 2.12 bits per heavy atom. The molecule has 0 bridgehead atoms. The van der Waals surface area contributed by atoms with Crippen LogP contribution >= 0.6 is 12.4 Å². The van der Waals surface area contributed by atoms with Crippen LogP contribution in [0.4, 0.5) is 0 Å². The Morgan fingerprint density at radius 3 is 2.50 bits per heavy atom. The molecule has 0 aliphatic rings. The van der Waals surface area contributed by atoms with Crippen LogP contribution in [0, 0.1) is 0 Å². The third-order valence-electron chi connectivity index (χ3n) is 0.670. The summed E-state index contributed by atoms with van der Waals surface area (Å²) in [4.78, 5) is 9.59. The van der Waals surface area contributed by atoms with Crippen LogP contribution in [0.25, 0.3) is 0 Å². The van der Waals surface area contributed by atoms with Crippen molar-refractivity contribution in [2.24, 2.45) is 0 Å². The Hall–Kier alpha value is -0.300. The van der Waals surface area contributed by atoms with E-state index in [1.54, 1.807) is 0 Å². The lowest BCUT2D eigenvalue weighted by molar-refractivity contribution is -0.104. The summed E-state index contributed by atoms with van der Waals surface area (Å²) in [7, 11) is 0. The molecule has 0 saturated carbocycles. The first-order chi connectivity index (χ1) is 3.41. The average molecular weight is 135 g/mol. The van der Waals surface area contributed by atoms with Gasteiger partial charge in [-0.3, -0.25) is 4.79 Å². The highest BCUT2D eigenvalue weighted by Gasteiger charge is 1.67. The van der Waals surface area contributed by atoms with Crippen LogP contribution in [-0.4, -0.2) is 6.29 Å². The van der Waals surface area contributed by atoms with Gasteiger partial charge in [-0.25, -0.2) is 0 Å². The fourth-order valence-corrected chi connectivity index (χ4v) is 0.318. The van der Waals surface area contributed by atoms with Crippen molar-refractivity contribution in [2.45, 2.75) is 19.8 Å². The highest BCUT2D eigenvalue weighted by Crippen LogP contribution is 1.85. The number of unbranched alkanes of at least 4 members (excludes halogenated alkanes) is 1. The summed E-state index contributed by atoms with van der Waals surface area (Å²) < 4.78 is 0. The first kappa shape index (κ1) is 10.6. The van der Waals surface area contributed by atoms with Crippen molar-refractivity contribution >= 4 is 18.7 Å². The van der Waals surface area contributed by atoms with E-state index in [1.807, 2.05) is 6.08 Å². The molecular formula is C6H11ClO. The molecular weight excluding hydrogens is 124 g/mol. The number of rotatable bonds is 3. The van der Waals surface area contributed by atoms with Gasteiger partial charge >= 0.3 is 0 Å². The lowest BCUT2D eigenvalue weighted by atomic mass is 10.3. The van der Waals surface area contributed by atoms with E-state index < -0.39 is 0 Å². The first-order valence-corrected chi connectivity index (χ1v) is 2.52. The molecule has 0 heterocycles. The number of hydrogen-bond donors (Lipinski definition) is 0. The minimum absolute atomic E-state index is 0. The van der Waals surface area contributed by atoms with Gasteiger partial charge in [-0.05, 0) is 12.5 Å². The topological polar surface area (TPSA) is 17.1 Å². The van der Waals surface area contributed by atoms with Crippen molar-refractivity contribution in [3.05, 3.63) is 12.2 Å². The predicted molar refractivity (Wildman–Crippen MR) is 37.4 cm³/mol. The number of carbonyl (C=O) groups excluding carboxylic acids is 1. The van der Waals surface area contributed by atoms with Gasteiger partial charge in [-0.2, -0.15) is 0 Å². The third kappa shape index (κ3) is 9.20. The van der Waals surface area contributed by atoms with Gasteiger partial charge in [0.05, 0.1) is 0 Å². The van der Waals surface area contributed by atoms with Gasteiger partial charge in [0, 0.05) is 0 Å². The summed E-state index contributed by atoms with van der Waals surface area (Å²) in [5.41, 5.74) is 0. The van der Waals surface area contributed by atoms with E-state index >= 15 is 0 Å². The fraction of sp³-hybridized carbons (Fsp3) is 0.500. The highest BCUT2D eigenvalue weighted by atomic mass is 35.5. The zero-order valence-corrected chi connectivity index (χ0v) is 5.78. The summed E-state index contributed by atoms with van der Waals surface area (Å²) >= 11 is 0. The van der Waals surface area contributed by atoms with E-state index in [-0.39, 0.29) is 12.4 Å². The molecule has 0 atom stereocenters. The van der Waals surface area contributed by atoms with Crippen LogP contribution < -0.4 is 0 Å². The van der Waals surface area contributed by atoms with E-state index in [0.29, 0.717) is 0 Å². The van der Waals surface area contributed by atoms with Crippen molar-refractivity contribution in [3.63, 3.8) is 0 Å². The molecule has 0 aliphatic heterocycles. The molecule has 0 aliphatic carbocycles. The maximum atomic E-state index is 9.59. The first-order valence-electron chi connectivity index (χ1n) is 2.52. The Bertz CT molecular complexity index is 68.9. The van der Waals surface area contributed by atoms with Gasteiger partial charge in [0.25, 0.3) is 0 Å². The molecule has 48 valence electrons. The van der Waals surface area contributed by atoms with Crippen molar-refractivity contribution in [1.82, 2.24) is 0 Å². The van der Waals surface area contributed by atoms with Gasteiger partial charge in [0.2, 0.25) is 0 Å². The molecule has 0 fully saturated rings. The van der Waals surface area contributed by atoms with E-state index in [2.05, 4.69) is 6.92 Å². The third-order valence-corrected chi connectivity index (χ3v) is 0.670. The van der Waals surface area contributed by atoms with Gasteiger partial charge in [0.1, 0.15) is 6.29 Å². The van der Waals surface area contributed by atoms with Crippen LogP contribution in [-0.2, 0) is 4.79 Å². The summed E-state index contributed by atoms with van der Waals surface area (Å²) in [5.74, 6) is 0. The van der Waals surface area contributed by atoms with Crippen LogP contribution in [0.1, 0.15) is 19.8 Å². The van der Waals surface area contributed by atoms with Crippen LogP contribution in [0.5, 0.6) is 0 Å². The number of allylic oxidation sites excluding steroid dienone is 2. The van der Waals surface area contributed by atoms with Gasteiger partial charge in [-0.15, -0.1) is 12.4 Å². The number of halogens is 1. The predicted octanol–water partition coefficient (Wildman–Crippen LogP) is 1.96. The standard InChI is InChI=1S/C6H10O.ClH/c1-2-3-4-5-6-7;/h4-6H,2-3H2,1H3;1H/b5-4+;. The zero-order valence-electron chi connectivity index (χ0n) is 4.96. The Morgan fingerprint density at radius 1 is 1.50 bits per heavy atom. The van der Waals surface area contributed by atoms with Crippen molar-refractivity contribution < 1.29 is 4.79 Å². The Labute approximate surface area is 56.2 Å². The van der Waals surface area contributed by atoms with E-state index in [0.717, 1.165) is 19.1 Å².